The van der Waals surface area contributed by atoms with Crippen molar-refractivity contribution in [3.63, 3.8) is 0 Å². The zero-order chi connectivity index (χ0) is 23.0. The van der Waals surface area contributed by atoms with E-state index in [-0.39, 0.29) is 23.0 Å². The van der Waals surface area contributed by atoms with Gasteiger partial charge in [-0.15, -0.1) is 0 Å². The smallest absolute Gasteiger partial charge is 0.269 e. The van der Waals surface area contributed by atoms with Gasteiger partial charge in [0.25, 0.3) is 11.8 Å². The molecule has 0 saturated carbocycles. The zero-order valence-corrected chi connectivity index (χ0v) is 18.6. The van der Waals surface area contributed by atoms with Crippen LogP contribution >= 0.6 is 0 Å². The van der Waals surface area contributed by atoms with Gasteiger partial charge < -0.3 is 5.32 Å². The Bertz CT molecular complexity index is 1210. The molecule has 2 aromatic heterocycles. The van der Waals surface area contributed by atoms with Gasteiger partial charge in [0, 0.05) is 37.0 Å². The van der Waals surface area contributed by atoms with E-state index in [0.717, 1.165) is 22.3 Å². The minimum absolute atomic E-state index is 0.0485. The highest BCUT2D eigenvalue weighted by Crippen LogP contribution is 2.37. The molecule has 1 N–H and O–H groups in total. The van der Waals surface area contributed by atoms with Crippen LogP contribution in [0.2, 0.25) is 0 Å². The molecule has 0 unspecified atom stereocenters. The highest BCUT2D eigenvalue weighted by Gasteiger charge is 2.39. The molecule has 0 fully saturated rings. The molecule has 2 amide bonds. The lowest BCUT2D eigenvalue weighted by Gasteiger charge is -2.39. The van der Waals surface area contributed by atoms with E-state index in [4.69, 9.17) is 0 Å². The summed E-state index contributed by atoms with van der Waals surface area (Å²) in [5.74, 6) is -0.968. The van der Waals surface area contributed by atoms with E-state index < -0.39 is 5.82 Å². The molecule has 3 aromatic rings. The fourth-order valence-electron chi connectivity index (χ4n) is 4.14. The minimum atomic E-state index is -0.519. The number of amides is 2. The van der Waals surface area contributed by atoms with E-state index in [2.05, 4.69) is 21.4 Å². The van der Waals surface area contributed by atoms with Crippen molar-refractivity contribution in [3.8, 4) is 0 Å². The second-order valence-corrected chi connectivity index (χ2v) is 8.72. The molecule has 0 radical (unpaired) electrons. The largest absolute Gasteiger partial charge is 0.354 e. The number of nitrogens with zero attached hydrogens (tertiary/aromatic N) is 3. The van der Waals surface area contributed by atoms with Crippen molar-refractivity contribution in [2.24, 2.45) is 0 Å². The summed E-state index contributed by atoms with van der Waals surface area (Å²) in [6.45, 7) is 6.46. The monoisotopic (exact) mass is 432 g/mol. The van der Waals surface area contributed by atoms with Crippen LogP contribution in [0, 0.1) is 12.7 Å². The quantitative estimate of drug-likeness (QED) is 0.680. The van der Waals surface area contributed by atoms with Crippen molar-refractivity contribution in [1.82, 2.24) is 15.3 Å². The standard InChI is InChI=1S/C25H25FN4O2/c1-15-10-19-18(12-17(15)11-16-7-8-21(29-13-16)23(31)27-4)24(32)30(14-25(19,2)3)22-20(26)6-5-9-28-22/h5-10,12-13H,11,14H2,1-4H3,(H,27,31). The maximum Gasteiger partial charge on any atom is 0.269 e. The first-order valence-corrected chi connectivity index (χ1v) is 10.4. The lowest BCUT2D eigenvalue weighted by molar-refractivity contribution is 0.0953. The van der Waals surface area contributed by atoms with Crippen molar-refractivity contribution in [3.05, 3.63) is 88.1 Å². The number of pyridine rings is 2. The van der Waals surface area contributed by atoms with Crippen molar-refractivity contribution in [1.29, 1.82) is 0 Å². The second kappa shape index (κ2) is 8.15. The lowest BCUT2D eigenvalue weighted by Crippen LogP contribution is -2.47. The molecule has 7 heteroatoms. The molecule has 1 aliphatic heterocycles. The van der Waals surface area contributed by atoms with Crippen LogP contribution in [0.15, 0.2) is 48.8 Å². The molecule has 0 spiro atoms. The molecule has 3 heterocycles. The van der Waals surface area contributed by atoms with Crippen molar-refractivity contribution >= 4 is 17.6 Å². The Hall–Kier alpha value is -3.61. The minimum Gasteiger partial charge on any atom is -0.354 e. The fourth-order valence-corrected chi connectivity index (χ4v) is 4.14. The molecule has 0 saturated heterocycles. The number of benzene rings is 1. The number of anilines is 1. The lowest BCUT2D eigenvalue weighted by atomic mass is 9.76. The third kappa shape index (κ3) is 3.86. The van der Waals surface area contributed by atoms with E-state index in [1.807, 2.05) is 32.9 Å². The molecule has 0 atom stereocenters. The fraction of sp³-hybridized carbons (Fsp3) is 0.280. The first kappa shape index (κ1) is 21.6. The predicted octanol–water partition coefficient (Wildman–Crippen LogP) is 3.81. The van der Waals surface area contributed by atoms with Gasteiger partial charge in [0.2, 0.25) is 0 Å². The Morgan fingerprint density at radius 3 is 2.66 bits per heavy atom. The van der Waals surface area contributed by atoms with E-state index in [0.29, 0.717) is 24.2 Å². The average Bonchev–Trinajstić information content (AvgIpc) is 2.78. The summed E-state index contributed by atoms with van der Waals surface area (Å²) in [4.78, 5) is 34.9. The van der Waals surface area contributed by atoms with Gasteiger partial charge in [-0.25, -0.2) is 9.37 Å². The molecular weight excluding hydrogens is 407 g/mol. The SMILES string of the molecule is CNC(=O)c1ccc(Cc2cc3c(cc2C)C(C)(C)CN(c2ncccc2F)C3=O)cn1. The number of fused-ring (bicyclic) bond motifs is 1. The van der Waals surface area contributed by atoms with Gasteiger partial charge in [0.05, 0.1) is 0 Å². The highest BCUT2D eigenvalue weighted by molar-refractivity contribution is 6.08. The van der Waals surface area contributed by atoms with Crippen molar-refractivity contribution < 1.29 is 14.0 Å². The number of halogens is 1. The molecule has 32 heavy (non-hydrogen) atoms. The van der Waals surface area contributed by atoms with Crippen LogP contribution in [-0.4, -0.2) is 35.4 Å². The number of carbonyl (C=O) groups excluding carboxylic acids is 2. The molecule has 6 nitrogen and oxygen atoms in total. The van der Waals surface area contributed by atoms with E-state index >= 15 is 0 Å². The van der Waals surface area contributed by atoms with Crippen LogP contribution in [-0.2, 0) is 11.8 Å². The van der Waals surface area contributed by atoms with Crippen LogP contribution in [0.3, 0.4) is 0 Å². The topological polar surface area (TPSA) is 75.2 Å². The van der Waals surface area contributed by atoms with E-state index in [1.165, 1.54) is 23.2 Å². The zero-order valence-electron chi connectivity index (χ0n) is 18.6. The summed E-state index contributed by atoms with van der Waals surface area (Å²) in [5.41, 5.74) is 4.46. The summed E-state index contributed by atoms with van der Waals surface area (Å²) in [5, 5.41) is 2.55. The van der Waals surface area contributed by atoms with Crippen LogP contribution in [0.4, 0.5) is 10.2 Å². The van der Waals surface area contributed by atoms with Crippen LogP contribution in [0.1, 0.15) is 56.9 Å². The number of nitrogens with one attached hydrogen (secondary N) is 1. The molecule has 1 aliphatic rings. The van der Waals surface area contributed by atoms with Gasteiger partial charge in [-0.2, -0.15) is 0 Å². The van der Waals surface area contributed by atoms with E-state index in [1.54, 1.807) is 19.3 Å². The number of carbonyl (C=O) groups is 2. The van der Waals surface area contributed by atoms with Gasteiger partial charge in [0.15, 0.2) is 11.6 Å². The number of aromatic nitrogens is 2. The van der Waals surface area contributed by atoms with Gasteiger partial charge >= 0.3 is 0 Å². The van der Waals surface area contributed by atoms with Gasteiger partial charge in [0.1, 0.15) is 5.69 Å². The normalized spacial score (nSPS) is 14.8. The third-order valence-corrected chi connectivity index (χ3v) is 5.91. The molecular formula is C25H25FN4O2. The second-order valence-electron chi connectivity index (χ2n) is 8.72. The highest BCUT2D eigenvalue weighted by atomic mass is 19.1. The number of hydrogen-bond acceptors (Lipinski definition) is 4. The van der Waals surface area contributed by atoms with Gasteiger partial charge in [-0.05, 0) is 59.9 Å². The summed E-state index contributed by atoms with van der Waals surface area (Å²) < 4.78 is 14.4. The van der Waals surface area contributed by atoms with Crippen molar-refractivity contribution in [2.75, 3.05) is 18.5 Å². The summed E-state index contributed by atoms with van der Waals surface area (Å²) in [6.07, 6.45) is 3.72. The molecule has 164 valence electrons. The van der Waals surface area contributed by atoms with E-state index in [9.17, 15) is 14.0 Å². The Morgan fingerprint density at radius 2 is 2.00 bits per heavy atom. The number of hydrogen-bond donors (Lipinski definition) is 1. The predicted molar refractivity (Wildman–Crippen MR) is 121 cm³/mol. The average molecular weight is 432 g/mol. The molecule has 4 rings (SSSR count). The van der Waals surface area contributed by atoms with Crippen LogP contribution in [0.5, 0.6) is 0 Å². The first-order valence-electron chi connectivity index (χ1n) is 10.4. The summed E-state index contributed by atoms with van der Waals surface area (Å²) >= 11 is 0. The van der Waals surface area contributed by atoms with Crippen molar-refractivity contribution in [2.45, 2.75) is 32.6 Å². The van der Waals surface area contributed by atoms with Crippen LogP contribution in [0.25, 0.3) is 0 Å². The molecule has 0 bridgehead atoms. The van der Waals surface area contributed by atoms with Gasteiger partial charge in [-0.3, -0.25) is 19.5 Å². The van der Waals surface area contributed by atoms with Gasteiger partial charge in [-0.1, -0.05) is 26.0 Å². The Balaban J connectivity index is 1.71. The number of rotatable bonds is 4. The number of aryl methyl sites for hydroxylation is 1. The first-order chi connectivity index (χ1) is 15.2. The van der Waals surface area contributed by atoms with Crippen LogP contribution < -0.4 is 10.2 Å². The molecule has 1 aromatic carbocycles. The third-order valence-electron chi connectivity index (χ3n) is 5.91. The molecule has 0 aliphatic carbocycles. The Labute approximate surface area is 186 Å². The maximum atomic E-state index is 14.4. The summed E-state index contributed by atoms with van der Waals surface area (Å²) in [7, 11) is 1.56. The Kier molecular flexibility index (Phi) is 5.50. The maximum absolute atomic E-state index is 14.4. The summed E-state index contributed by atoms with van der Waals surface area (Å²) in [6, 6.07) is 10.3. The Morgan fingerprint density at radius 1 is 1.22 bits per heavy atom.